The van der Waals surface area contributed by atoms with Gasteiger partial charge in [-0.15, -0.1) is 16.8 Å². The Morgan fingerprint density at radius 3 is 2.52 bits per heavy atom. The zero-order chi connectivity index (χ0) is 16.5. The SMILES string of the molecule is CC(CN)N(C)C(=O)CN(C)C1=NS(=O)(=O)c2ccccc21.Cl. The first-order valence-corrected chi connectivity index (χ1v) is 8.33. The highest BCUT2D eigenvalue weighted by atomic mass is 35.5. The summed E-state index contributed by atoms with van der Waals surface area (Å²) in [6, 6.07) is 6.51. The number of carbonyl (C=O) groups excluding carboxylic acids is 1. The predicted octanol–water partition coefficient (Wildman–Crippen LogP) is 0.295. The summed E-state index contributed by atoms with van der Waals surface area (Å²) in [5, 5.41) is 0. The Hall–Kier alpha value is -1.64. The van der Waals surface area contributed by atoms with E-state index in [1.807, 2.05) is 6.92 Å². The van der Waals surface area contributed by atoms with Gasteiger partial charge in [0, 0.05) is 32.2 Å². The minimum Gasteiger partial charge on any atom is -0.349 e. The molecule has 0 saturated heterocycles. The molecule has 1 heterocycles. The van der Waals surface area contributed by atoms with E-state index < -0.39 is 10.0 Å². The fourth-order valence-electron chi connectivity index (χ4n) is 2.16. The van der Waals surface area contributed by atoms with E-state index >= 15 is 0 Å². The number of nitrogens with two attached hydrogens (primary N) is 1. The summed E-state index contributed by atoms with van der Waals surface area (Å²) in [5.41, 5.74) is 6.07. The smallest absolute Gasteiger partial charge is 0.285 e. The van der Waals surface area contributed by atoms with E-state index in [1.165, 1.54) is 6.07 Å². The van der Waals surface area contributed by atoms with Crippen molar-refractivity contribution in [2.75, 3.05) is 27.2 Å². The molecule has 0 bridgehead atoms. The zero-order valence-electron chi connectivity index (χ0n) is 13.3. The number of rotatable bonds is 4. The van der Waals surface area contributed by atoms with Gasteiger partial charge >= 0.3 is 0 Å². The van der Waals surface area contributed by atoms with Gasteiger partial charge in [0.15, 0.2) is 5.84 Å². The third-order valence-electron chi connectivity index (χ3n) is 3.74. The Labute approximate surface area is 142 Å². The van der Waals surface area contributed by atoms with Crippen LogP contribution in [0.15, 0.2) is 33.6 Å². The molecule has 9 heteroatoms. The summed E-state index contributed by atoms with van der Waals surface area (Å²) >= 11 is 0. The standard InChI is InChI=1S/C14H20N4O3S.ClH/c1-10(8-15)18(3)13(19)9-17(2)14-11-6-4-5-7-12(11)22(20,21)16-14;/h4-7,10H,8-9,15H2,1-3H3;1H. The summed E-state index contributed by atoms with van der Waals surface area (Å²) in [7, 11) is -0.352. The third-order valence-corrected chi connectivity index (χ3v) is 5.07. The summed E-state index contributed by atoms with van der Waals surface area (Å²) in [6.45, 7) is 2.25. The lowest BCUT2D eigenvalue weighted by Crippen LogP contribution is -2.45. The number of likely N-dealkylation sites (N-methyl/N-ethyl adjacent to an activating group) is 2. The Balaban J connectivity index is 0.00000264. The highest BCUT2D eigenvalue weighted by molar-refractivity contribution is 7.90. The second-order valence-electron chi connectivity index (χ2n) is 5.33. The van der Waals surface area contributed by atoms with Crippen molar-refractivity contribution < 1.29 is 13.2 Å². The Morgan fingerprint density at radius 1 is 1.30 bits per heavy atom. The fraction of sp³-hybridized carbons (Fsp3) is 0.429. The van der Waals surface area contributed by atoms with Crippen molar-refractivity contribution in [3.8, 4) is 0 Å². The summed E-state index contributed by atoms with van der Waals surface area (Å²) in [4.78, 5) is 15.5. The van der Waals surface area contributed by atoms with Gasteiger partial charge in [0.2, 0.25) is 5.91 Å². The van der Waals surface area contributed by atoms with E-state index in [-0.39, 0.29) is 41.6 Å². The number of amidine groups is 1. The van der Waals surface area contributed by atoms with Crippen LogP contribution in [-0.2, 0) is 14.8 Å². The summed E-state index contributed by atoms with van der Waals surface area (Å²) in [5.74, 6) is 0.141. The van der Waals surface area contributed by atoms with Gasteiger partial charge in [0.1, 0.15) is 4.90 Å². The topological polar surface area (TPSA) is 96.1 Å². The van der Waals surface area contributed by atoms with Crippen molar-refractivity contribution in [1.29, 1.82) is 0 Å². The molecule has 1 aliphatic rings. The molecule has 1 amide bonds. The number of amides is 1. The molecular formula is C14H21ClN4O3S. The van der Waals surface area contributed by atoms with E-state index in [0.717, 1.165) is 0 Å². The van der Waals surface area contributed by atoms with Gasteiger partial charge in [-0.1, -0.05) is 12.1 Å². The van der Waals surface area contributed by atoms with Gasteiger partial charge in [0.05, 0.1) is 6.54 Å². The number of sulfonamides is 1. The van der Waals surface area contributed by atoms with Gasteiger partial charge in [-0.05, 0) is 19.1 Å². The molecule has 0 aliphatic carbocycles. The Kier molecular flexibility index (Phi) is 6.15. The number of carbonyl (C=O) groups is 1. The molecule has 2 N–H and O–H groups in total. The second kappa shape index (κ2) is 7.29. The lowest BCUT2D eigenvalue weighted by molar-refractivity contribution is -0.131. The molecule has 0 spiro atoms. The maximum absolute atomic E-state index is 12.2. The van der Waals surface area contributed by atoms with Gasteiger partial charge in [0.25, 0.3) is 10.0 Å². The van der Waals surface area contributed by atoms with Gasteiger partial charge in [-0.2, -0.15) is 8.42 Å². The molecule has 0 fully saturated rings. The van der Waals surface area contributed by atoms with Gasteiger partial charge in [-0.3, -0.25) is 4.79 Å². The minimum atomic E-state index is -3.68. The van der Waals surface area contributed by atoms with Gasteiger partial charge < -0.3 is 15.5 Å². The number of nitrogens with zero attached hydrogens (tertiary/aromatic N) is 3. The number of fused-ring (bicyclic) bond motifs is 1. The average molecular weight is 361 g/mol. The van der Waals surface area contributed by atoms with Crippen LogP contribution in [0.3, 0.4) is 0 Å². The van der Waals surface area contributed by atoms with Gasteiger partial charge in [-0.25, -0.2) is 0 Å². The normalized spacial score (nSPS) is 15.9. The first-order chi connectivity index (χ1) is 10.3. The average Bonchev–Trinajstić information content (AvgIpc) is 2.78. The molecule has 1 aromatic carbocycles. The molecule has 1 aromatic rings. The van der Waals surface area contributed by atoms with Crippen LogP contribution in [0.1, 0.15) is 12.5 Å². The van der Waals surface area contributed by atoms with Crippen molar-refractivity contribution in [1.82, 2.24) is 9.80 Å². The molecule has 1 aliphatic heterocycles. The quantitative estimate of drug-likeness (QED) is 0.832. The molecule has 0 saturated carbocycles. The van der Waals surface area contributed by atoms with E-state index in [0.29, 0.717) is 12.1 Å². The van der Waals surface area contributed by atoms with Crippen molar-refractivity contribution >= 4 is 34.2 Å². The van der Waals surface area contributed by atoms with Crippen LogP contribution in [0.4, 0.5) is 0 Å². The molecule has 2 rings (SSSR count). The predicted molar refractivity (Wildman–Crippen MR) is 91.3 cm³/mol. The molecular weight excluding hydrogens is 340 g/mol. The van der Waals surface area contributed by atoms with E-state index in [9.17, 15) is 13.2 Å². The molecule has 23 heavy (non-hydrogen) atoms. The highest BCUT2D eigenvalue weighted by Gasteiger charge is 2.31. The summed E-state index contributed by atoms with van der Waals surface area (Å²) < 4.78 is 27.8. The largest absolute Gasteiger partial charge is 0.349 e. The lowest BCUT2D eigenvalue weighted by Gasteiger charge is -2.27. The van der Waals surface area contributed by atoms with E-state index in [2.05, 4.69) is 4.40 Å². The lowest BCUT2D eigenvalue weighted by atomic mass is 10.2. The van der Waals surface area contributed by atoms with E-state index in [1.54, 1.807) is 42.1 Å². The van der Waals surface area contributed by atoms with Crippen LogP contribution in [0.5, 0.6) is 0 Å². The number of hydrogen-bond donors (Lipinski definition) is 1. The van der Waals surface area contributed by atoms with Crippen LogP contribution in [0.2, 0.25) is 0 Å². The second-order valence-corrected chi connectivity index (χ2v) is 6.90. The zero-order valence-corrected chi connectivity index (χ0v) is 14.9. The van der Waals surface area contributed by atoms with Crippen LogP contribution in [0, 0.1) is 0 Å². The molecule has 0 radical (unpaired) electrons. The minimum absolute atomic E-state index is 0. The van der Waals surface area contributed by atoms with Crippen molar-refractivity contribution in [3.63, 3.8) is 0 Å². The molecule has 0 aromatic heterocycles. The third kappa shape index (κ3) is 3.82. The van der Waals surface area contributed by atoms with Crippen LogP contribution in [-0.4, -0.2) is 63.2 Å². The number of benzene rings is 1. The van der Waals surface area contributed by atoms with Crippen LogP contribution >= 0.6 is 12.4 Å². The van der Waals surface area contributed by atoms with Crippen molar-refractivity contribution in [2.45, 2.75) is 17.9 Å². The Morgan fingerprint density at radius 2 is 1.91 bits per heavy atom. The Bertz CT molecular complexity index is 720. The molecule has 1 atom stereocenters. The number of hydrogen-bond acceptors (Lipinski definition) is 5. The van der Waals surface area contributed by atoms with Crippen LogP contribution in [0.25, 0.3) is 0 Å². The highest BCUT2D eigenvalue weighted by Crippen LogP contribution is 2.26. The first kappa shape index (κ1) is 19.4. The first-order valence-electron chi connectivity index (χ1n) is 6.89. The van der Waals surface area contributed by atoms with Crippen molar-refractivity contribution in [2.24, 2.45) is 10.1 Å². The monoisotopic (exact) mass is 360 g/mol. The maximum atomic E-state index is 12.2. The number of halogens is 1. The van der Waals surface area contributed by atoms with Crippen molar-refractivity contribution in [3.05, 3.63) is 29.8 Å². The summed E-state index contributed by atoms with van der Waals surface area (Å²) in [6.07, 6.45) is 0. The maximum Gasteiger partial charge on any atom is 0.285 e. The molecule has 1 unspecified atom stereocenters. The fourth-order valence-corrected chi connectivity index (χ4v) is 3.41. The van der Waals surface area contributed by atoms with Crippen LogP contribution < -0.4 is 5.73 Å². The van der Waals surface area contributed by atoms with E-state index in [4.69, 9.17) is 5.73 Å². The molecule has 128 valence electrons. The molecule has 7 nitrogen and oxygen atoms in total.